The Hall–Kier alpha value is -0.610. The SMILES string of the molecule is C=CCSCc1oc2ccc(Cl)c3c2c1CN(C)CC3.Cl. The number of halogens is 2. The molecule has 2 heterocycles. The molecule has 2 aromatic rings. The van der Waals surface area contributed by atoms with Crippen LogP contribution < -0.4 is 0 Å². The fourth-order valence-corrected chi connectivity index (χ4v) is 3.72. The van der Waals surface area contributed by atoms with Crippen LogP contribution in [0.25, 0.3) is 11.0 Å². The van der Waals surface area contributed by atoms with Gasteiger partial charge in [-0.05, 0) is 31.2 Å². The van der Waals surface area contributed by atoms with E-state index in [2.05, 4.69) is 18.5 Å². The lowest BCUT2D eigenvalue weighted by Crippen LogP contribution is -2.19. The van der Waals surface area contributed by atoms with E-state index in [-0.39, 0.29) is 12.4 Å². The maximum Gasteiger partial charge on any atom is 0.135 e. The average molecular weight is 344 g/mol. The first kappa shape index (κ1) is 16.8. The summed E-state index contributed by atoms with van der Waals surface area (Å²) >= 11 is 8.22. The average Bonchev–Trinajstić information content (AvgIpc) is 2.65. The van der Waals surface area contributed by atoms with Gasteiger partial charge < -0.3 is 9.32 Å². The van der Waals surface area contributed by atoms with E-state index in [1.165, 1.54) is 16.5 Å². The van der Waals surface area contributed by atoms with E-state index in [9.17, 15) is 0 Å². The van der Waals surface area contributed by atoms with E-state index in [1.54, 1.807) is 0 Å². The molecule has 0 bridgehead atoms. The Morgan fingerprint density at radius 2 is 2.24 bits per heavy atom. The summed E-state index contributed by atoms with van der Waals surface area (Å²) in [6.07, 6.45) is 2.91. The highest BCUT2D eigenvalue weighted by molar-refractivity contribution is 7.98. The van der Waals surface area contributed by atoms with Crippen LogP contribution in [-0.4, -0.2) is 24.2 Å². The zero-order valence-corrected chi connectivity index (χ0v) is 14.4. The standard InChI is InChI=1S/C16H18ClNOS.ClH/c1-3-8-20-10-15-12-9-18(2)7-6-11-13(17)4-5-14(19-15)16(11)12;/h3-5H,1,6-10H2,2H3;1H. The Balaban J connectivity index is 0.00000161. The molecule has 114 valence electrons. The number of furan rings is 1. The highest BCUT2D eigenvalue weighted by Gasteiger charge is 2.22. The molecule has 0 unspecified atom stereocenters. The van der Waals surface area contributed by atoms with Crippen molar-refractivity contribution in [3.63, 3.8) is 0 Å². The minimum atomic E-state index is 0. The molecule has 0 saturated carbocycles. The van der Waals surface area contributed by atoms with Gasteiger partial charge in [-0.3, -0.25) is 0 Å². The molecule has 1 aromatic heterocycles. The summed E-state index contributed by atoms with van der Waals surface area (Å²) in [5, 5.41) is 2.11. The third kappa shape index (κ3) is 3.26. The van der Waals surface area contributed by atoms with Crippen molar-refractivity contribution in [3.05, 3.63) is 46.7 Å². The number of thioether (sulfide) groups is 1. The predicted octanol–water partition coefficient (Wildman–Crippen LogP) is 4.92. The van der Waals surface area contributed by atoms with E-state index in [0.29, 0.717) is 0 Å². The van der Waals surface area contributed by atoms with Gasteiger partial charge in [-0.1, -0.05) is 17.7 Å². The van der Waals surface area contributed by atoms with E-state index in [4.69, 9.17) is 16.0 Å². The quantitative estimate of drug-likeness (QED) is 0.579. The first-order valence-electron chi connectivity index (χ1n) is 6.79. The lowest BCUT2D eigenvalue weighted by atomic mass is 10.0. The molecule has 0 N–H and O–H groups in total. The Labute approximate surface area is 140 Å². The third-order valence-electron chi connectivity index (χ3n) is 3.73. The summed E-state index contributed by atoms with van der Waals surface area (Å²) in [6, 6.07) is 3.95. The molecule has 1 aliphatic heterocycles. The number of hydrogen-bond acceptors (Lipinski definition) is 3. The normalized spacial score (nSPS) is 14.8. The molecule has 0 spiro atoms. The van der Waals surface area contributed by atoms with Gasteiger partial charge in [0.1, 0.15) is 11.3 Å². The van der Waals surface area contributed by atoms with Gasteiger partial charge in [-0.2, -0.15) is 0 Å². The van der Waals surface area contributed by atoms with Crippen LogP contribution in [0.4, 0.5) is 0 Å². The molecule has 1 aromatic carbocycles. The predicted molar refractivity (Wildman–Crippen MR) is 94.9 cm³/mol. The molecular weight excluding hydrogens is 325 g/mol. The van der Waals surface area contributed by atoms with Gasteiger partial charge in [0.05, 0.1) is 5.75 Å². The molecule has 3 rings (SSSR count). The smallest absolute Gasteiger partial charge is 0.135 e. The lowest BCUT2D eigenvalue weighted by Gasteiger charge is -2.13. The van der Waals surface area contributed by atoms with Crippen LogP contribution in [0.2, 0.25) is 5.02 Å². The maximum absolute atomic E-state index is 6.39. The fourth-order valence-electron chi connectivity index (χ4n) is 2.77. The largest absolute Gasteiger partial charge is 0.460 e. The molecule has 0 saturated heterocycles. The second-order valence-corrected chi connectivity index (χ2v) is 6.63. The van der Waals surface area contributed by atoms with Crippen LogP contribution in [0.1, 0.15) is 16.9 Å². The van der Waals surface area contributed by atoms with Crippen molar-refractivity contribution in [2.45, 2.75) is 18.7 Å². The summed E-state index contributed by atoms with van der Waals surface area (Å²) < 4.78 is 6.08. The first-order valence-corrected chi connectivity index (χ1v) is 8.32. The molecule has 0 fully saturated rings. The number of hydrogen-bond donors (Lipinski definition) is 0. The van der Waals surface area contributed by atoms with Gasteiger partial charge in [0.25, 0.3) is 0 Å². The van der Waals surface area contributed by atoms with Crippen LogP contribution >= 0.6 is 35.8 Å². The number of benzene rings is 1. The molecule has 2 nitrogen and oxygen atoms in total. The van der Waals surface area contributed by atoms with Gasteiger partial charge in [0, 0.05) is 34.8 Å². The molecule has 21 heavy (non-hydrogen) atoms. The van der Waals surface area contributed by atoms with Crippen LogP contribution in [0.3, 0.4) is 0 Å². The van der Waals surface area contributed by atoms with Crippen molar-refractivity contribution in [2.75, 3.05) is 19.3 Å². The van der Waals surface area contributed by atoms with Gasteiger partial charge in [-0.25, -0.2) is 0 Å². The van der Waals surface area contributed by atoms with Crippen LogP contribution in [0, 0.1) is 0 Å². The fraction of sp³-hybridized carbons (Fsp3) is 0.375. The minimum Gasteiger partial charge on any atom is -0.460 e. The third-order valence-corrected chi connectivity index (χ3v) is 5.02. The summed E-state index contributed by atoms with van der Waals surface area (Å²) in [5.41, 5.74) is 3.53. The molecule has 5 heteroatoms. The van der Waals surface area contributed by atoms with E-state index < -0.39 is 0 Å². The Morgan fingerprint density at radius 3 is 3.00 bits per heavy atom. The number of nitrogens with zero attached hydrogens (tertiary/aromatic N) is 1. The van der Waals surface area contributed by atoms with Crippen molar-refractivity contribution in [1.82, 2.24) is 4.90 Å². The molecular formula is C16H19Cl2NOS. The van der Waals surface area contributed by atoms with Gasteiger partial charge in [-0.15, -0.1) is 30.7 Å². The topological polar surface area (TPSA) is 16.4 Å². The second kappa shape index (κ2) is 7.10. The van der Waals surface area contributed by atoms with Gasteiger partial charge in [0.2, 0.25) is 0 Å². The van der Waals surface area contributed by atoms with Crippen molar-refractivity contribution in [3.8, 4) is 0 Å². The van der Waals surface area contributed by atoms with E-state index >= 15 is 0 Å². The monoisotopic (exact) mass is 343 g/mol. The number of rotatable bonds is 4. The van der Waals surface area contributed by atoms with Crippen LogP contribution in [0.5, 0.6) is 0 Å². The lowest BCUT2D eigenvalue weighted by molar-refractivity contribution is 0.333. The zero-order chi connectivity index (χ0) is 14.1. The Bertz CT molecular complexity index is 653. The molecule has 0 atom stereocenters. The highest BCUT2D eigenvalue weighted by Crippen LogP contribution is 2.37. The Morgan fingerprint density at radius 1 is 1.43 bits per heavy atom. The van der Waals surface area contributed by atoms with Crippen LogP contribution in [0.15, 0.2) is 29.2 Å². The summed E-state index contributed by atoms with van der Waals surface area (Å²) in [7, 11) is 2.15. The van der Waals surface area contributed by atoms with Crippen molar-refractivity contribution in [2.24, 2.45) is 0 Å². The second-order valence-electron chi connectivity index (χ2n) is 5.19. The summed E-state index contributed by atoms with van der Waals surface area (Å²) in [5.74, 6) is 2.92. The van der Waals surface area contributed by atoms with Gasteiger partial charge >= 0.3 is 0 Å². The zero-order valence-electron chi connectivity index (χ0n) is 12.0. The van der Waals surface area contributed by atoms with Crippen molar-refractivity contribution >= 4 is 46.7 Å². The van der Waals surface area contributed by atoms with Crippen molar-refractivity contribution in [1.29, 1.82) is 0 Å². The van der Waals surface area contributed by atoms with Crippen LogP contribution in [-0.2, 0) is 18.7 Å². The van der Waals surface area contributed by atoms with E-state index in [0.717, 1.165) is 47.4 Å². The highest BCUT2D eigenvalue weighted by atomic mass is 35.5. The molecule has 1 aliphatic rings. The van der Waals surface area contributed by atoms with E-state index in [1.807, 2.05) is 30.0 Å². The number of likely N-dealkylation sites (N-methyl/N-ethyl adjacent to an activating group) is 1. The summed E-state index contributed by atoms with van der Waals surface area (Å²) in [6.45, 7) is 5.73. The Kier molecular flexibility index (Phi) is 5.67. The van der Waals surface area contributed by atoms with Gasteiger partial charge in [0.15, 0.2) is 0 Å². The molecule has 0 radical (unpaired) electrons. The minimum absolute atomic E-state index is 0. The molecule has 0 amide bonds. The maximum atomic E-state index is 6.39. The molecule has 0 aliphatic carbocycles. The first-order chi connectivity index (χ1) is 9.70. The summed E-state index contributed by atoms with van der Waals surface area (Å²) in [4.78, 5) is 2.34. The van der Waals surface area contributed by atoms with Crippen molar-refractivity contribution < 1.29 is 4.42 Å².